The molecule has 2 aliphatic heterocycles. The normalized spacial score (nSPS) is 31.4. The third-order valence-corrected chi connectivity index (χ3v) is 5.77. The van der Waals surface area contributed by atoms with E-state index in [-0.39, 0.29) is 11.3 Å². The lowest BCUT2D eigenvalue weighted by Gasteiger charge is -2.30. The van der Waals surface area contributed by atoms with Gasteiger partial charge in [0.15, 0.2) is 0 Å². The molecule has 2 rings (SSSR count). The van der Waals surface area contributed by atoms with Gasteiger partial charge in [-0.1, -0.05) is 6.42 Å². The van der Waals surface area contributed by atoms with E-state index in [0.29, 0.717) is 38.6 Å². The number of hydrogen-bond acceptors (Lipinski definition) is 4. The summed E-state index contributed by atoms with van der Waals surface area (Å²) in [6.45, 7) is 3.79. The van der Waals surface area contributed by atoms with Crippen LogP contribution >= 0.6 is 0 Å². The van der Waals surface area contributed by atoms with Gasteiger partial charge in [0.2, 0.25) is 10.0 Å². The van der Waals surface area contributed by atoms with Gasteiger partial charge < -0.3 is 10.1 Å². The van der Waals surface area contributed by atoms with Crippen LogP contribution in [0.4, 0.5) is 0 Å². The molecule has 0 bridgehead atoms. The van der Waals surface area contributed by atoms with E-state index < -0.39 is 10.0 Å². The minimum absolute atomic E-state index is 0.271. The highest BCUT2D eigenvalue weighted by Gasteiger charge is 2.28. The third kappa shape index (κ3) is 3.91. The summed E-state index contributed by atoms with van der Waals surface area (Å²) in [4.78, 5) is 0. The van der Waals surface area contributed by atoms with Crippen LogP contribution < -0.4 is 10.0 Å². The average Bonchev–Trinajstić information content (AvgIpc) is 2.38. The predicted octanol–water partition coefficient (Wildman–Crippen LogP) is 0.615. The summed E-state index contributed by atoms with van der Waals surface area (Å²) in [5.74, 6) is 0. The minimum atomic E-state index is -3.17. The Morgan fingerprint density at radius 3 is 2.61 bits per heavy atom. The zero-order valence-electron chi connectivity index (χ0n) is 11.0. The van der Waals surface area contributed by atoms with Crippen molar-refractivity contribution >= 4 is 10.0 Å². The lowest BCUT2D eigenvalue weighted by atomic mass is 10.00. The quantitative estimate of drug-likeness (QED) is 0.790. The topological polar surface area (TPSA) is 67.4 Å². The molecule has 6 heteroatoms. The summed E-state index contributed by atoms with van der Waals surface area (Å²) in [5.41, 5.74) is 0. The van der Waals surface area contributed by atoms with E-state index in [9.17, 15) is 8.42 Å². The Labute approximate surface area is 110 Å². The Bertz CT molecular complexity index is 352. The zero-order chi connectivity index (χ0) is 13.0. The fourth-order valence-electron chi connectivity index (χ4n) is 2.72. The monoisotopic (exact) mass is 276 g/mol. The summed E-state index contributed by atoms with van der Waals surface area (Å²) in [6.07, 6.45) is 4.65. The number of piperidine rings is 1. The van der Waals surface area contributed by atoms with Crippen molar-refractivity contribution in [3.8, 4) is 0 Å². The molecule has 2 saturated heterocycles. The molecule has 18 heavy (non-hydrogen) atoms. The van der Waals surface area contributed by atoms with Gasteiger partial charge in [-0.25, -0.2) is 13.1 Å². The molecule has 2 fully saturated rings. The number of sulfonamides is 1. The molecular formula is C12H24N2O3S. The first-order valence-corrected chi connectivity index (χ1v) is 8.45. The molecule has 0 aromatic carbocycles. The molecule has 5 nitrogen and oxygen atoms in total. The molecule has 2 N–H and O–H groups in total. The van der Waals surface area contributed by atoms with E-state index in [1.54, 1.807) is 0 Å². The van der Waals surface area contributed by atoms with Gasteiger partial charge in [-0.3, -0.25) is 0 Å². The van der Waals surface area contributed by atoms with Gasteiger partial charge in [-0.2, -0.15) is 0 Å². The van der Waals surface area contributed by atoms with E-state index in [2.05, 4.69) is 17.0 Å². The van der Waals surface area contributed by atoms with Crippen molar-refractivity contribution < 1.29 is 13.2 Å². The Hall–Kier alpha value is -0.170. The maximum Gasteiger partial charge on any atom is 0.214 e. The van der Waals surface area contributed by atoms with Crippen molar-refractivity contribution in [3.63, 3.8) is 0 Å². The van der Waals surface area contributed by atoms with E-state index >= 15 is 0 Å². The summed E-state index contributed by atoms with van der Waals surface area (Å²) in [7, 11) is -3.17. The summed E-state index contributed by atoms with van der Waals surface area (Å²) < 4.78 is 32.2. The first-order chi connectivity index (χ1) is 8.58. The lowest BCUT2D eigenvalue weighted by molar-refractivity contribution is 0.0981. The second-order valence-electron chi connectivity index (χ2n) is 5.40. The first kappa shape index (κ1) is 14.2. The molecule has 0 amide bonds. The molecule has 0 aromatic heterocycles. The highest BCUT2D eigenvalue weighted by atomic mass is 32.2. The van der Waals surface area contributed by atoms with Gasteiger partial charge in [-0.15, -0.1) is 0 Å². The van der Waals surface area contributed by atoms with Crippen molar-refractivity contribution in [1.29, 1.82) is 0 Å². The molecule has 0 radical (unpaired) electrons. The van der Waals surface area contributed by atoms with E-state index in [4.69, 9.17) is 4.74 Å². The van der Waals surface area contributed by atoms with Crippen molar-refractivity contribution in [2.75, 3.05) is 19.8 Å². The fourth-order valence-corrected chi connectivity index (χ4v) is 4.20. The van der Waals surface area contributed by atoms with Gasteiger partial charge in [-0.05, 0) is 32.6 Å². The van der Waals surface area contributed by atoms with Crippen LogP contribution in [-0.4, -0.2) is 45.5 Å². The fraction of sp³-hybridized carbons (Fsp3) is 1.00. The average molecular weight is 276 g/mol. The molecule has 0 aromatic rings. The molecular weight excluding hydrogens is 252 g/mol. The van der Waals surface area contributed by atoms with Gasteiger partial charge in [0.25, 0.3) is 0 Å². The second-order valence-corrected chi connectivity index (χ2v) is 7.45. The van der Waals surface area contributed by atoms with Gasteiger partial charge in [0.1, 0.15) is 0 Å². The third-order valence-electron chi connectivity index (χ3n) is 3.85. The zero-order valence-corrected chi connectivity index (χ0v) is 11.8. The molecule has 106 valence electrons. The van der Waals surface area contributed by atoms with Crippen LogP contribution in [0.5, 0.6) is 0 Å². The number of nitrogens with one attached hydrogen (secondary N) is 2. The Kier molecular flexibility index (Phi) is 5.00. The summed E-state index contributed by atoms with van der Waals surface area (Å²) in [5, 5.41) is 3.17. The summed E-state index contributed by atoms with van der Waals surface area (Å²) >= 11 is 0. The van der Waals surface area contributed by atoms with Crippen LogP contribution in [-0.2, 0) is 14.8 Å². The first-order valence-electron chi connectivity index (χ1n) is 6.90. The van der Waals surface area contributed by atoms with Gasteiger partial charge >= 0.3 is 0 Å². The van der Waals surface area contributed by atoms with Crippen LogP contribution in [0.3, 0.4) is 0 Å². The molecule has 2 aliphatic rings. The molecule has 2 unspecified atom stereocenters. The minimum Gasteiger partial charge on any atom is -0.381 e. The molecule has 0 aliphatic carbocycles. The van der Waals surface area contributed by atoms with Crippen molar-refractivity contribution in [2.24, 2.45) is 0 Å². The van der Waals surface area contributed by atoms with Crippen LogP contribution in [0, 0.1) is 0 Å². The molecule has 2 atom stereocenters. The van der Waals surface area contributed by atoms with E-state index in [0.717, 1.165) is 6.42 Å². The van der Waals surface area contributed by atoms with Crippen molar-refractivity contribution in [1.82, 2.24) is 10.0 Å². The summed E-state index contributed by atoms with van der Waals surface area (Å²) in [6, 6.07) is 0.778. The molecule has 0 spiro atoms. The predicted molar refractivity (Wildman–Crippen MR) is 71.0 cm³/mol. The van der Waals surface area contributed by atoms with Crippen LogP contribution in [0.25, 0.3) is 0 Å². The van der Waals surface area contributed by atoms with E-state index in [1.165, 1.54) is 12.8 Å². The maximum absolute atomic E-state index is 12.1. The highest BCUT2D eigenvalue weighted by molar-refractivity contribution is 7.90. The van der Waals surface area contributed by atoms with Crippen LogP contribution in [0.2, 0.25) is 0 Å². The van der Waals surface area contributed by atoms with Gasteiger partial charge in [0.05, 0.1) is 5.25 Å². The lowest BCUT2D eigenvalue weighted by Crippen LogP contribution is -2.49. The number of rotatable bonds is 4. The SMILES string of the molecule is CC1CCCC(CNS(=O)(=O)C2CCOCC2)N1. The van der Waals surface area contributed by atoms with Crippen molar-refractivity contribution in [2.45, 2.75) is 56.4 Å². The van der Waals surface area contributed by atoms with Crippen LogP contribution in [0.1, 0.15) is 39.0 Å². The maximum atomic E-state index is 12.1. The van der Waals surface area contributed by atoms with Gasteiger partial charge in [0, 0.05) is 31.8 Å². The molecule has 0 saturated carbocycles. The van der Waals surface area contributed by atoms with Crippen LogP contribution in [0.15, 0.2) is 0 Å². The number of hydrogen-bond donors (Lipinski definition) is 2. The van der Waals surface area contributed by atoms with Crippen molar-refractivity contribution in [3.05, 3.63) is 0 Å². The highest BCUT2D eigenvalue weighted by Crippen LogP contribution is 2.16. The van der Waals surface area contributed by atoms with E-state index in [1.807, 2.05) is 0 Å². The number of ether oxygens (including phenoxy) is 1. The Morgan fingerprint density at radius 2 is 1.94 bits per heavy atom. The molecule has 2 heterocycles. The Balaban J connectivity index is 1.80. The Morgan fingerprint density at radius 1 is 1.22 bits per heavy atom. The standard InChI is InChI=1S/C12H24N2O3S/c1-10-3-2-4-11(14-10)9-13-18(15,16)12-5-7-17-8-6-12/h10-14H,2-9H2,1H3. The smallest absolute Gasteiger partial charge is 0.214 e. The second kappa shape index (κ2) is 6.32. The largest absolute Gasteiger partial charge is 0.381 e.